The number of phenolic OH excluding ortho intramolecular Hbond substituents is 1. The molecule has 0 radical (unpaired) electrons. The van der Waals surface area contributed by atoms with E-state index in [0.717, 1.165) is 6.07 Å². The molecule has 1 aromatic carbocycles. The van der Waals surface area contributed by atoms with E-state index in [1.807, 2.05) is 0 Å². The third-order valence-corrected chi connectivity index (χ3v) is 1.63. The summed E-state index contributed by atoms with van der Waals surface area (Å²) in [5.41, 5.74) is -0.832. The maximum absolute atomic E-state index is 10.5. The molecule has 0 bridgehead atoms. The quantitative estimate of drug-likeness (QED) is 0.420. The maximum atomic E-state index is 10.5. The Morgan fingerprint density at radius 3 is 2.71 bits per heavy atom. The van der Waals surface area contributed by atoms with Gasteiger partial charge in [0, 0.05) is 0 Å². The van der Waals surface area contributed by atoms with Crippen LogP contribution in [0.25, 0.3) is 4.85 Å². The summed E-state index contributed by atoms with van der Waals surface area (Å²) in [5, 5.41) is 28.8. The minimum absolute atomic E-state index is 0.204. The van der Waals surface area contributed by atoms with E-state index < -0.39 is 22.6 Å². The molecule has 72 valence electrons. The van der Waals surface area contributed by atoms with Gasteiger partial charge in [-0.05, 0) is 12.1 Å². The Morgan fingerprint density at radius 2 is 2.21 bits per heavy atom. The monoisotopic (exact) mass is 194 g/mol. The summed E-state index contributed by atoms with van der Waals surface area (Å²) >= 11 is 0. The molecule has 6 nitrogen and oxygen atoms in total. The smallest absolute Gasteiger partial charge is 0.359 e. The number of hydrogen-bond donors (Lipinski definition) is 2. The van der Waals surface area contributed by atoms with Gasteiger partial charge in [-0.2, -0.15) is 0 Å². The van der Waals surface area contributed by atoms with Crippen LogP contribution in [0.3, 0.4) is 0 Å². The van der Waals surface area contributed by atoms with Crippen molar-refractivity contribution in [2.75, 3.05) is 0 Å². The van der Waals surface area contributed by atoms with Crippen molar-refractivity contribution in [1.29, 1.82) is 0 Å². The average molecular weight is 194 g/mol. The fourth-order valence-corrected chi connectivity index (χ4v) is 1.03. The zero-order valence-corrected chi connectivity index (χ0v) is 6.91. The maximum Gasteiger partial charge on any atom is 0.359 e. The lowest BCUT2D eigenvalue weighted by molar-refractivity contribution is -0.387. The normalized spacial score (nSPS) is 11.7. The molecule has 1 unspecified atom stereocenters. The molecule has 1 aromatic rings. The Kier molecular flexibility index (Phi) is 2.65. The van der Waals surface area contributed by atoms with Gasteiger partial charge >= 0.3 is 11.9 Å². The van der Waals surface area contributed by atoms with Crippen molar-refractivity contribution in [2.45, 2.75) is 6.23 Å². The van der Waals surface area contributed by atoms with Crippen LogP contribution in [0, 0.1) is 16.7 Å². The molecular weight excluding hydrogens is 188 g/mol. The van der Waals surface area contributed by atoms with Gasteiger partial charge in [-0.25, -0.2) is 6.57 Å². The van der Waals surface area contributed by atoms with Gasteiger partial charge in [0.05, 0.1) is 4.92 Å². The van der Waals surface area contributed by atoms with E-state index in [2.05, 4.69) is 4.85 Å². The minimum atomic E-state index is -1.62. The number of nitro groups is 1. The van der Waals surface area contributed by atoms with E-state index >= 15 is 0 Å². The van der Waals surface area contributed by atoms with E-state index in [9.17, 15) is 10.1 Å². The number of phenols is 1. The Balaban J connectivity index is 3.37. The van der Waals surface area contributed by atoms with Crippen LogP contribution in [0.4, 0.5) is 5.69 Å². The Hall–Kier alpha value is -2.13. The van der Waals surface area contributed by atoms with Crippen molar-refractivity contribution in [1.82, 2.24) is 0 Å². The van der Waals surface area contributed by atoms with Crippen LogP contribution < -0.4 is 0 Å². The molecule has 1 atom stereocenters. The third kappa shape index (κ3) is 1.62. The number of aliphatic hydroxyl groups is 1. The summed E-state index contributed by atoms with van der Waals surface area (Å²) in [6.07, 6.45) is -1.62. The number of hydrogen-bond acceptors (Lipinski definition) is 4. The predicted octanol–water partition coefficient (Wildman–Crippen LogP) is 1.21. The predicted molar refractivity (Wildman–Crippen MR) is 46.3 cm³/mol. The van der Waals surface area contributed by atoms with Gasteiger partial charge in [0.1, 0.15) is 5.56 Å². The second kappa shape index (κ2) is 3.72. The number of rotatable bonds is 2. The Morgan fingerprint density at radius 1 is 1.57 bits per heavy atom. The second-order valence-electron chi connectivity index (χ2n) is 2.47. The highest BCUT2D eigenvalue weighted by Crippen LogP contribution is 2.33. The first-order valence-corrected chi connectivity index (χ1v) is 3.59. The van der Waals surface area contributed by atoms with Crippen LogP contribution in [-0.2, 0) is 0 Å². The zero-order chi connectivity index (χ0) is 10.7. The van der Waals surface area contributed by atoms with E-state index in [0.29, 0.717) is 0 Å². The SMILES string of the molecule is [C-]#[N+]C(O)c1cccc(O)c1[N+](=O)[O-]. The van der Waals surface area contributed by atoms with Crippen molar-refractivity contribution in [2.24, 2.45) is 0 Å². The van der Waals surface area contributed by atoms with E-state index in [1.165, 1.54) is 12.1 Å². The first kappa shape index (κ1) is 9.95. The molecule has 0 aliphatic carbocycles. The lowest BCUT2D eigenvalue weighted by atomic mass is 10.1. The molecule has 2 N–H and O–H groups in total. The summed E-state index contributed by atoms with van der Waals surface area (Å²) in [7, 11) is 0. The summed E-state index contributed by atoms with van der Waals surface area (Å²) in [5.74, 6) is -0.560. The van der Waals surface area contributed by atoms with Crippen LogP contribution >= 0.6 is 0 Å². The molecule has 14 heavy (non-hydrogen) atoms. The van der Waals surface area contributed by atoms with E-state index in [1.54, 1.807) is 0 Å². The fraction of sp³-hybridized carbons (Fsp3) is 0.125. The van der Waals surface area contributed by atoms with Gasteiger partial charge < -0.3 is 10.2 Å². The lowest BCUT2D eigenvalue weighted by Crippen LogP contribution is -1.99. The van der Waals surface area contributed by atoms with Crippen molar-refractivity contribution >= 4 is 5.69 Å². The van der Waals surface area contributed by atoms with Crippen LogP contribution in [0.1, 0.15) is 11.8 Å². The van der Waals surface area contributed by atoms with E-state index in [-0.39, 0.29) is 5.56 Å². The molecule has 0 aromatic heterocycles. The highest BCUT2D eigenvalue weighted by Gasteiger charge is 2.27. The second-order valence-corrected chi connectivity index (χ2v) is 2.47. The molecule has 6 heteroatoms. The molecule has 0 heterocycles. The number of para-hydroxylation sites is 1. The summed E-state index contributed by atoms with van der Waals surface area (Å²) < 4.78 is 0. The average Bonchev–Trinajstić information content (AvgIpc) is 2.15. The standard InChI is InChI=1S/C8H6N2O4/c1-9-8(12)5-3-2-4-6(11)7(5)10(13)14/h2-4,8,11-12H. The van der Waals surface area contributed by atoms with Gasteiger partial charge in [-0.15, -0.1) is 0 Å². The number of aromatic hydroxyl groups is 1. The first-order chi connectivity index (χ1) is 6.57. The number of nitro benzene ring substituents is 1. The number of benzene rings is 1. The number of nitrogens with zero attached hydrogens (tertiary/aromatic N) is 2. The van der Waals surface area contributed by atoms with Crippen LogP contribution in [0.5, 0.6) is 5.75 Å². The van der Waals surface area contributed by atoms with E-state index in [4.69, 9.17) is 16.8 Å². The van der Waals surface area contributed by atoms with Crippen LogP contribution in [-0.4, -0.2) is 15.1 Å². The number of aliphatic hydroxyl groups excluding tert-OH is 1. The van der Waals surface area contributed by atoms with Crippen LogP contribution in [0.2, 0.25) is 0 Å². The largest absolute Gasteiger partial charge is 0.502 e. The highest BCUT2D eigenvalue weighted by atomic mass is 16.6. The molecule has 0 aliphatic heterocycles. The van der Waals surface area contributed by atoms with Gasteiger partial charge in [-0.1, -0.05) is 6.07 Å². The van der Waals surface area contributed by atoms with Crippen molar-refractivity contribution in [3.63, 3.8) is 0 Å². The van der Waals surface area contributed by atoms with Gasteiger partial charge in [0.2, 0.25) is 0 Å². The van der Waals surface area contributed by atoms with Gasteiger partial charge in [0.25, 0.3) is 0 Å². The lowest BCUT2D eigenvalue weighted by Gasteiger charge is -2.01. The molecule has 0 spiro atoms. The highest BCUT2D eigenvalue weighted by molar-refractivity contribution is 5.53. The Bertz CT molecular complexity index is 410. The molecule has 0 fully saturated rings. The summed E-state index contributed by atoms with van der Waals surface area (Å²) in [4.78, 5) is 12.4. The summed E-state index contributed by atoms with van der Waals surface area (Å²) in [6, 6.07) is 3.67. The van der Waals surface area contributed by atoms with Crippen molar-refractivity contribution in [3.8, 4) is 5.75 Å². The third-order valence-electron chi connectivity index (χ3n) is 1.63. The topological polar surface area (TPSA) is 88.0 Å². The van der Waals surface area contributed by atoms with Crippen molar-refractivity contribution in [3.05, 3.63) is 45.3 Å². The van der Waals surface area contributed by atoms with Crippen molar-refractivity contribution < 1.29 is 15.1 Å². The van der Waals surface area contributed by atoms with Gasteiger partial charge in [-0.3, -0.25) is 15.0 Å². The van der Waals surface area contributed by atoms with Crippen LogP contribution in [0.15, 0.2) is 18.2 Å². The summed E-state index contributed by atoms with van der Waals surface area (Å²) in [6.45, 7) is 6.53. The molecule has 1 rings (SSSR count). The molecule has 0 saturated carbocycles. The first-order valence-electron chi connectivity index (χ1n) is 3.59. The van der Waals surface area contributed by atoms with Gasteiger partial charge in [0.15, 0.2) is 5.75 Å². The fourth-order valence-electron chi connectivity index (χ4n) is 1.03. The molecule has 0 amide bonds. The molecule has 0 aliphatic rings. The molecule has 0 saturated heterocycles. The Labute approximate surface area is 79.0 Å². The minimum Gasteiger partial charge on any atom is -0.502 e. The zero-order valence-electron chi connectivity index (χ0n) is 6.91. The molecular formula is C8H6N2O4.